The van der Waals surface area contributed by atoms with Crippen molar-refractivity contribution in [1.82, 2.24) is 0 Å². The summed E-state index contributed by atoms with van der Waals surface area (Å²) in [6.07, 6.45) is 0.755. The van der Waals surface area contributed by atoms with Crippen LogP contribution in [0.5, 0.6) is 0 Å². The van der Waals surface area contributed by atoms with Crippen LogP contribution in [0.15, 0.2) is 10.5 Å². The van der Waals surface area contributed by atoms with E-state index in [1.54, 1.807) is 6.07 Å². The molecular weight excluding hydrogens is 228 g/mol. The third-order valence-corrected chi connectivity index (χ3v) is 2.52. The molecule has 1 aromatic rings. The molecule has 4 heteroatoms. The van der Waals surface area contributed by atoms with Crippen LogP contribution >= 0.6 is 15.9 Å². The summed E-state index contributed by atoms with van der Waals surface area (Å²) in [4.78, 5) is 0. The van der Waals surface area contributed by atoms with Gasteiger partial charge in [0.2, 0.25) is 0 Å². The smallest absolute Gasteiger partial charge is 0.183 e. The molecule has 12 heavy (non-hydrogen) atoms. The molecule has 0 unspecified atom stereocenters. The van der Waals surface area contributed by atoms with E-state index in [0.29, 0.717) is 12.2 Å². The average molecular weight is 234 g/mol. The van der Waals surface area contributed by atoms with Gasteiger partial charge >= 0.3 is 0 Å². The normalized spacial score (nSPS) is 14.2. The van der Waals surface area contributed by atoms with Crippen molar-refractivity contribution in [3.63, 3.8) is 0 Å². The van der Waals surface area contributed by atoms with Gasteiger partial charge in [0, 0.05) is 6.54 Å². The van der Waals surface area contributed by atoms with Crippen LogP contribution in [-0.4, -0.2) is 6.54 Å². The molecule has 0 spiro atoms. The van der Waals surface area contributed by atoms with Crippen LogP contribution < -0.4 is 5.32 Å². The predicted molar refractivity (Wildman–Crippen MR) is 46.3 cm³/mol. The molecule has 1 N–H and O–H groups in total. The third-order valence-electron chi connectivity index (χ3n) is 1.94. The second-order valence-electron chi connectivity index (χ2n) is 2.70. The van der Waals surface area contributed by atoms with Gasteiger partial charge in [0.15, 0.2) is 11.6 Å². The van der Waals surface area contributed by atoms with E-state index >= 15 is 0 Å². The third kappa shape index (κ3) is 1.02. The molecular formula is C8H6BrF2N. The maximum atomic E-state index is 13.1. The number of hydrogen-bond donors (Lipinski definition) is 1. The van der Waals surface area contributed by atoms with Gasteiger partial charge in [0.25, 0.3) is 0 Å². The van der Waals surface area contributed by atoms with Crippen LogP contribution in [0.1, 0.15) is 5.56 Å². The minimum absolute atomic E-state index is 0.197. The molecule has 0 atom stereocenters. The first-order valence-corrected chi connectivity index (χ1v) is 4.39. The molecule has 0 saturated heterocycles. The molecule has 1 aliphatic rings. The lowest BCUT2D eigenvalue weighted by molar-refractivity contribution is 0.507. The van der Waals surface area contributed by atoms with Gasteiger partial charge in [-0.05, 0) is 34.0 Å². The average Bonchev–Trinajstić information content (AvgIpc) is 2.48. The summed E-state index contributed by atoms with van der Waals surface area (Å²) >= 11 is 2.96. The van der Waals surface area contributed by atoms with Crippen LogP contribution in [0.2, 0.25) is 0 Å². The SMILES string of the molecule is Fc1c(Br)cc2c(c1F)NCC2. The van der Waals surface area contributed by atoms with Gasteiger partial charge in [-0.25, -0.2) is 8.78 Å². The van der Waals surface area contributed by atoms with Crippen LogP contribution in [0.25, 0.3) is 0 Å². The van der Waals surface area contributed by atoms with Crippen LogP contribution in [-0.2, 0) is 6.42 Å². The quantitative estimate of drug-likeness (QED) is 0.680. The Labute approximate surface area is 76.9 Å². The Morgan fingerprint density at radius 2 is 2.08 bits per heavy atom. The number of benzene rings is 1. The lowest BCUT2D eigenvalue weighted by atomic mass is 10.1. The predicted octanol–water partition coefficient (Wildman–Crippen LogP) is 2.70. The monoisotopic (exact) mass is 233 g/mol. The van der Waals surface area contributed by atoms with E-state index in [1.807, 2.05) is 0 Å². The Bertz CT molecular complexity index is 338. The summed E-state index contributed by atoms with van der Waals surface area (Å²) in [6.45, 7) is 0.683. The minimum Gasteiger partial charge on any atom is -0.382 e. The van der Waals surface area contributed by atoms with Crippen molar-refractivity contribution in [3.05, 3.63) is 27.7 Å². The Morgan fingerprint density at radius 1 is 1.33 bits per heavy atom. The molecule has 0 radical (unpaired) electrons. The van der Waals surface area contributed by atoms with E-state index in [0.717, 1.165) is 12.0 Å². The molecule has 1 nitrogen and oxygen atoms in total. The fraction of sp³-hybridized carbons (Fsp3) is 0.250. The van der Waals surface area contributed by atoms with Gasteiger partial charge in [-0.15, -0.1) is 0 Å². The van der Waals surface area contributed by atoms with Gasteiger partial charge in [0.1, 0.15) is 0 Å². The Balaban J connectivity index is 2.67. The zero-order chi connectivity index (χ0) is 8.72. The molecule has 0 aliphatic carbocycles. The largest absolute Gasteiger partial charge is 0.382 e. The number of anilines is 1. The van der Waals surface area contributed by atoms with Gasteiger partial charge in [0.05, 0.1) is 10.2 Å². The maximum absolute atomic E-state index is 13.1. The maximum Gasteiger partial charge on any atom is 0.183 e. The second-order valence-corrected chi connectivity index (χ2v) is 3.55. The summed E-state index contributed by atoms with van der Waals surface area (Å²) in [6, 6.07) is 1.62. The highest BCUT2D eigenvalue weighted by molar-refractivity contribution is 9.10. The van der Waals surface area contributed by atoms with Crippen molar-refractivity contribution >= 4 is 21.6 Å². The number of rotatable bonds is 0. The molecule has 2 rings (SSSR count). The van der Waals surface area contributed by atoms with Crippen LogP contribution in [0.4, 0.5) is 14.5 Å². The molecule has 0 saturated carbocycles. The van der Waals surface area contributed by atoms with Crippen molar-refractivity contribution in [2.75, 3.05) is 11.9 Å². The highest BCUT2D eigenvalue weighted by atomic mass is 79.9. The topological polar surface area (TPSA) is 12.0 Å². The van der Waals surface area contributed by atoms with E-state index in [2.05, 4.69) is 21.2 Å². The molecule has 0 aromatic heterocycles. The summed E-state index contributed by atoms with van der Waals surface area (Å²) in [5, 5.41) is 2.80. The molecule has 0 amide bonds. The second kappa shape index (κ2) is 2.69. The van der Waals surface area contributed by atoms with Crippen molar-refractivity contribution < 1.29 is 8.78 Å². The zero-order valence-corrected chi connectivity index (χ0v) is 7.71. The number of hydrogen-bond acceptors (Lipinski definition) is 1. The molecule has 0 bridgehead atoms. The lowest BCUT2D eigenvalue weighted by Crippen LogP contribution is -1.96. The van der Waals surface area contributed by atoms with E-state index in [1.165, 1.54) is 0 Å². The molecule has 1 heterocycles. The minimum atomic E-state index is -0.817. The van der Waals surface area contributed by atoms with E-state index in [4.69, 9.17) is 0 Å². The fourth-order valence-electron chi connectivity index (χ4n) is 1.35. The Hall–Kier alpha value is -0.640. The van der Waals surface area contributed by atoms with E-state index in [9.17, 15) is 8.78 Å². The van der Waals surface area contributed by atoms with Gasteiger partial charge in [-0.3, -0.25) is 0 Å². The first-order chi connectivity index (χ1) is 5.70. The summed E-state index contributed by atoms with van der Waals surface area (Å²) < 4.78 is 26.2. The molecule has 0 fully saturated rings. The van der Waals surface area contributed by atoms with Crippen LogP contribution in [0, 0.1) is 11.6 Å². The molecule has 64 valence electrons. The molecule has 1 aliphatic heterocycles. The van der Waals surface area contributed by atoms with Crippen molar-refractivity contribution in [1.29, 1.82) is 0 Å². The highest BCUT2D eigenvalue weighted by Gasteiger charge is 2.20. The number of fused-ring (bicyclic) bond motifs is 1. The van der Waals surface area contributed by atoms with Gasteiger partial charge in [-0.1, -0.05) is 0 Å². The standard InChI is InChI=1S/C8H6BrF2N/c9-5-3-4-1-2-12-8(4)7(11)6(5)10/h3,12H,1-2H2. The molecule has 1 aromatic carbocycles. The summed E-state index contributed by atoms with van der Waals surface area (Å²) in [7, 11) is 0. The zero-order valence-electron chi connectivity index (χ0n) is 6.13. The number of nitrogens with one attached hydrogen (secondary N) is 1. The summed E-state index contributed by atoms with van der Waals surface area (Å²) in [5.41, 5.74) is 1.15. The summed E-state index contributed by atoms with van der Waals surface area (Å²) in [5.74, 6) is -1.60. The Morgan fingerprint density at radius 3 is 2.83 bits per heavy atom. The van der Waals surface area contributed by atoms with Crippen LogP contribution in [0.3, 0.4) is 0 Å². The lowest BCUT2D eigenvalue weighted by Gasteiger charge is -2.03. The van der Waals surface area contributed by atoms with E-state index in [-0.39, 0.29) is 4.47 Å². The highest BCUT2D eigenvalue weighted by Crippen LogP contribution is 2.31. The van der Waals surface area contributed by atoms with Gasteiger partial charge in [-0.2, -0.15) is 0 Å². The van der Waals surface area contributed by atoms with Crippen molar-refractivity contribution in [3.8, 4) is 0 Å². The first kappa shape index (κ1) is 7.98. The van der Waals surface area contributed by atoms with Crippen molar-refractivity contribution in [2.45, 2.75) is 6.42 Å². The Kier molecular flexibility index (Phi) is 1.79. The fourth-order valence-corrected chi connectivity index (χ4v) is 1.80. The number of halogens is 3. The van der Waals surface area contributed by atoms with E-state index < -0.39 is 11.6 Å². The van der Waals surface area contributed by atoms with Gasteiger partial charge < -0.3 is 5.32 Å². The van der Waals surface area contributed by atoms with Crippen molar-refractivity contribution in [2.24, 2.45) is 0 Å². The first-order valence-electron chi connectivity index (χ1n) is 3.60.